The van der Waals surface area contributed by atoms with E-state index < -0.39 is 0 Å². The highest BCUT2D eigenvalue weighted by molar-refractivity contribution is 5.68. The van der Waals surface area contributed by atoms with Crippen LogP contribution in [0.4, 0.5) is 10.2 Å². The summed E-state index contributed by atoms with van der Waals surface area (Å²) in [6.07, 6.45) is 1.71. The second-order valence-electron chi connectivity index (χ2n) is 5.96. The first-order chi connectivity index (χ1) is 12.0. The third kappa shape index (κ3) is 4.00. The van der Waals surface area contributed by atoms with Crippen LogP contribution >= 0.6 is 0 Å². The molecule has 3 rings (SSSR count). The maximum atomic E-state index is 13.2. The van der Waals surface area contributed by atoms with Crippen LogP contribution in [0.15, 0.2) is 47.1 Å². The molecule has 1 aromatic carbocycles. The van der Waals surface area contributed by atoms with Gasteiger partial charge >= 0.3 is 0 Å². The van der Waals surface area contributed by atoms with Crippen LogP contribution in [-0.4, -0.2) is 40.7 Å². The Morgan fingerprint density at radius 2 is 1.96 bits per heavy atom. The van der Waals surface area contributed by atoms with Crippen LogP contribution in [0.3, 0.4) is 0 Å². The van der Waals surface area contributed by atoms with E-state index in [4.69, 9.17) is 4.52 Å². The summed E-state index contributed by atoms with van der Waals surface area (Å²) in [5.41, 5.74) is 1.77. The first-order valence-corrected chi connectivity index (χ1v) is 7.96. The summed E-state index contributed by atoms with van der Waals surface area (Å²) in [6, 6.07) is 10.3. The van der Waals surface area contributed by atoms with Gasteiger partial charge in [0.15, 0.2) is 5.82 Å². The van der Waals surface area contributed by atoms with E-state index in [9.17, 15) is 4.39 Å². The zero-order valence-corrected chi connectivity index (χ0v) is 14.4. The molecular formula is C18H20FN5O. The molecule has 1 unspecified atom stereocenters. The van der Waals surface area contributed by atoms with Crippen molar-refractivity contribution in [3.05, 3.63) is 59.8 Å². The Hall–Kier alpha value is -2.80. The summed E-state index contributed by atoms with van der Waals surface area (Å²) < 4.78 is 18.4. The zero-order chi connectivity index (χ0) is 17.8. The molecule has 25 heavy (non-hydrogen) atoms. The van der Waals surface area contributed by atoms with Crippen molar-refractivity contribution in [1.29, 1.82) is 0 Å². The molecule has 1 N–H and O–H groups in total. The second-order valence-corrected chi connectivity index (χ2v) is 5.96. The largest absolute Gasteiger partial charge is 0.367 e. The van der Waals surface area contributed by atoms with Gasteiger partial charge in [0.1, 0.15) is 11.6 Å². The molecule has 0 saturated heterocycles. The number of rotatable bonds is 6. The lowest BCUT2D eigenvalue weighted by Crippen LogP contribution is -2.27. The lowest BCUT2D eigenvalue weighted by Gasteiger charge is -2.25. The van der Waals surface area contributed by atoms with E-state index in [0.717, 1.165) is 11.1 Å². The fraction of sp³-hybridized carbons (Fsp3) is 0.278. The average molecular weight is 341 g/mol. The van der Waals surface area contributed by atoms with Crippen LogP contribution in [0.5, 0.6) is 0 Å². The van der Waals surface area contributed by atoms with Crippen molar-refractivity contribution in [3.8, 4) is 11.5 Å². The fourth-order valence-electron chi connectivity index (χ4n) is 2.60. The zero-order valence-electron chi connectivity index (χ0n) is 14.4. The van der Waals surface area contributed by atoms with Gasteiger partial charge in [0.2, 0.25) is 0 Å². The Morgan fingerprint density at radius 1 is 1.20 bits per heavy atom. The molecule has 0 spiro atoms. The summed E-state index contributed by atoms with van der Waals surface area (Å²) in [5, 5.41) is 7.17. The van der Waals surface area contributed by atoms with Gasteiger partial charge in [-0.1, -0.05) is 17.3 Å². The summed E-state index contributed by atoms with van der Waals surface area (Å²) in [4.78, 5) is 10.7. The van der Waals surface area contributed by atoms with Crippen molar-refractivity contribution < 1.29 is 8.91 Å². The molecule has 1 atom stereocenters. The number of hydrogen-bond donors (Lipinski definition) is 1. The molecule has 2 heterocycles. The molecule has 3 aromatic rings. The summed E-state index contributed by atoms with van der Waals surface area (Å²) in [7, 11) is 3.97. The van der Waals surface area contributed by atoms with Gasteiger partial charge in [-0.05, 0) is 50.8 Å². The Kier molecular flexibility index (Phi) is 5.04. The number of aromatic nitrogens is 3. The maximum Gasteiger partial charge on any atom is 0.261 e. The highest BCUT2D eigenvalue weighted by atomic mass is 19.1. The minimum absolute atomic E-state index is 0.0554. The number of aryl methyl sites for hydroxylation is 1. The third-order valence-corrected chi connectivity index (χ3v) is 3.91. The molecule has 0 aliphatic heterocycles. The fourth-order valence-corrected chi connectivity index (χ4v) is 2.60. The van der Waals surface area contributed by atoms with Gasteiger partial charge in [0.25, 0.3) is 5.89 Å². The highest BCUT2D eigenvalue weighted by Gasteiger charge is 2.17. The normalized spacial score (nSPS) is 12.4. The van der Waals surface area contributed by atoms with Crippen LogP contribution in [0.1, 0.15) is 17.4 Å². The molecule has 6 nitrogen and oxygen atoms in total. The van der Waals surface area contributed by atoms with Crippen molar-refractivity contribution in [2.24, 2.45) is 0 Å². The number of nitrogens with one attached hydrogen (secondary N) is 1. The third-order valence-electron chi connectivity index (χ3n) is 3.91. The quantitative estimate of drug-likeness (QED) is 0.742. The number of hydrogen-bond acceptors (Lipinski definition) is 6. The molecule has 130 valence electrons. The van der Waals surface area contributed by atoms with Gasteiger partial charge < -0.3 is 14.7 Å². The summed E-state index contributed by atoms with van der Waals surface area (Å²) in [6.45, 7) is 2.36. The molecule has 0 bridgehead atoms. The van der Waals surface area contributed by atoms with Crippen LogP contribution in [0, 0.1) is 12.7 Å². The minimum Gasteiger partial charge on any atom is -0.367 e. The number of anilines is 1. The maximum absolute atomic E-state index is 13.2. The smallest absolute Gasteiger partial charge is 0.261 e. The topological polar surface area (TPSA) is 67.1 Å². The van der Waals surface area contributed by atoms with Crippen molar-refractivity contribution in [2.75, 3.05) is 26.0 Å². The SMILES string of the molecule is Cc1noc(-c2cccnc2NCC(c2ccc(F)cc2)N(C)C)n1. The van der Waals surface area contributed by atoms with E-state index in [1.807, 2.05) is 26.2 Å². The van der Waals surface area contributed by atoms with Crippen LogP contribution in [0.25, 0.3) is 11.5 Å². The first kappa shape index (κ1) is 17.0. The molecule has 0 amide bonds. The van der Waals surface area contributed by atoms with E-state index in [-0.39, 0.29) is 11.9 Å². The molecule has 0 fully saturated rings. The van der Waals surface area contributed by atoms with E-state index in [1.165, 1.54) is 12.1 Å². The lowest BCUT2D eigenvalue weighted by molar-refractivity contribution is 0.311. The molecule has 2 aromatic heterocycles. The van der Waals surface area contributed by atoms with Gasteiger partial charge in [-0.2, -0.15) is 4.98 Å². The van der Waals surface area contributed by atoms with E-state index in [2.05, 4.69) is 25.3 Å². The second kappa shape index (κ2) is 7.40. The predicted molar refractivity (Wildman–Crippen MR) is 93.6 cm³/mol. The van der Waals surface area contributed by atoms with E-state index in [1.54, 1.807) is 25.3 Å². The van der Waals surface area contributed by atoms with Crippen LogP contribution in [-0.2, 0) is 0 Å². The van der Waals surface area contributed by atoms with Gasteiger partial charge in [0, 0.05) is 12.7 Å². The average Bonchev–Trinajstić information content (AvgIpc) is 3.03. The molecule has 0 aliphatic rings. The van der Waals surface area contributed by atoms with E-state index >= 15 is 0 Å². The lowest BCUT2D eigenvalue weighted by atomic mass is 10.1. The molecular weight excluding hydrogens is 321 g/mol. The van der Waals surface area contributed by atoms with Crippen molar-refractivity contribution in [3.63, 3.8) is 0 Å². The van der Waals surface area contributed by atoms with Gasteiger partial charge in [-0.15, -0.1) is 0 Å². The standard InChI is InChI=1S/C18H20FN5O/c1-12-22-18(25-23-12)15-5-4-10-20-17(15)21-11-16(24(2)3)13-6-8-14(19)9-7-13/h4-10,16H,11H2,1-3H3,(H,20,21). The first-order valence-electron chi connectivity index (χ1n) is 7.96. The van der Waals surface area contributed by atoms with Gasteiger partial charge in [-0.25, -0.2) is 9.37 Å². The predicted octanol–water partition coefficient (Wildman–Crippen LogP) is 3.29. The summed E-state index contributed by atoms with van der Waals surface area (Å²) >= 11 is 0. The highest BCUT2D eigenvalue weighted by Crippen LogP contribution is 2.26. The monoisotopic (exact) mass is 341 g/mol. The Bertz CT molecular complexity index is 831. The molecule has 0 saturated carbocycles. The Labute approximate surface area is 145 Å². The number of pyridine rings is 1. The van der Waals surface area contributed by atoms with Crippen LogP contribution in [0.2, 0.25) is 0 Å². The summed E-state index contributed by atoms with van der Waals surface area (Å²) in [5.74, 6) is 1.42. The number of benzene rings is 1. The number of likely N-dealkylation sites (N-methyl/N-ethyl adjacent to an activating group) is 1. The van der Waals surface area contributed by atoms with E-state index in [0.29, 0.717) is 24.1 Å². The Balaban J connectivity index is 1.81. The van der Waals surface area contributed by atoms with Crippen LogP contribution < -0.4 is 5.32 Å². The minimum atomic E-state index is -0.243. The van der Waals surface area contributed by atoms with Gasteiger partial charge in [0.05, 0.1) is 11.6 Å². The molecule has 7 heteroatoms. The van der Waals surface area contributed by atoms with Gasteiger partial charge in [-0.3, -0.25) is 0 Å². The number of halogens is 1. The van der Waals surface area contributed by atoms with Crippen molar-refractivity contribution in [1.82, 2.24) is 20.0 Å². The van der Waals surface area contributed by atoms with Crippen molar-refractivity contribution >= 4 is 5.82 Å². The molecule has 0 radical (unpaired) electrons. The number of nitrogens with zero attached hydrogens (tertiary/aromatic N) is 4. The van der Waals surface area contributed by atoms with Crippen molar-refractivity contribution in [2.45, 2.75) is 13.0 Å². The molecule has 0 aliphatic carbocycles. The Morgan fingerprint density at radius 3 is 2.60 bits per heavy atom.